The molecule has 0 radical (unpaired) electrons. The predicted octanol–water partition coefficient (Wildman–Crippen LogP) is 4.73. The highest BCUT2D eigenvalue weighted by atomic mass is 16.5. The number of ether oxygens (including phenoxy) is 1. The lowest BCUT2D eigenvalue weighted by Gasteiger charge is -2.27. The van der Waals surface area contributed by atoms with Crippen molar-refractivity contribution in [2.75, 3.05) is 13.2 Å². The molecule has 21 heavy (non-hydrogen) atoms. The molecule has 0 spiro atoms. The summed E-state index contributed by atoms with van der Waals surface area (Å²) in [4.78, 5) is 0. The minimum absolute atomic E-state index is 0.391. The first kappa shape index (κ1) is 16.1. The van der Waals surface area contributed by atoms with Crippen molar-refractivity contribution in [1.82, 2.24) is 5.32 Å². The van der Waals surface area contributed by atoms with E-state index >= 15 is 0 Å². The van der Waals surface area contributed by atoms with E-state index in [0.29, 0.717) is 6.04 Å². The van der Waals surface area contributed by atoms with Crippen molar-refractivity contribution in [3.05, 3.63) is 41.5 Å². The number of hydrogen-bond acceptors (Lipinski definition) is 2. The Bertz CT molecular complexity index is 463. The second-order valence-electron chi connectivity index (χ2n) is 6.43. The maximum Gasteiger partial charge on any atom is 0.119 e. The van der Waals surface area contributed by atoms with Gasteiger partial charge in [-0.3, -0.25) is 0 Å². The van der Waals surface area contributed by atoms with Crippen LogP contribution in [0.2, 0.25) is 0 Å². The van der Waals surface area contributed by atoms with Crippen molar-refractivity contribution in [3.8, 4) is 5.75 Å². The molecule has 3 unspecified atom stereocenters. The van der Waals surface area contributed by atoms with E-state index in [2.05, 4.69) is 56.4 Å². The Morgan fingerprint density at radius 2 is 2.00 bits per heavy atom. The molecule has 0 saturated heterocycles. The van der Waals surface area contributed by atoms with Gasteiger partial charge in [-0.15, -0.1) is 0 Å². The topological polar surface area (TPSA) is 21.3 Å². The summed E-state index contributed by atoms with van der Waals surface area (Å²) in [6, 6.07) is 8.84. The first-order chi connectivity index (χ1) is 10.1. The summed E-state index contributed by atoms with van der Waals surface area (Å²) in [5.74, 6) is 2.46. The Kier molecular flexibility index (Phi) is 5.86. The van der Waals surface area contributed by atoms with E-state index in [1.54, 1.807) is 5.57 Å². The van der Waals surface area contributed by atoms with Gasteiger partial charge in [-0.2, -0.15) is 0 Å². The summed E-state index contributed by atoms with van der Waals surface area (Å²) in [6.07, 6.45) is 4.97. The van der Waals surface area contributed by atoms with Crippen molar-refractivity contribution < 1.29 is 4.74 Å². The van der Waals surface area contributed by atoms with Gasteiger partial charge in [-0.05, 0) is 69.7 Å². The van der Waals surface area contributed by atoms with E-state index < -0.39 is 0 Å². The molecule has 2 rings (SSSR count). The average Bonchev–Trinajstić information content (AvgIpc) is 2.45. The van der Waals surface area contributed by atoms with Gasteiger partial charge in [0, 0.05) is 6.04 Å². The van der Waals surface area contributed by atoms with Crippen LogP contribution < -0.4 is 10.1 Å². The summed E-state index contributed by atoms with van der Waals surface area (Å²) in [7, 11) is 0. The molecule has 0 bridgehead atoms. The van der Waals surface area contributed by atoms with E-state index in [4.69, 9.17) is 4.74 Å². The molecule has 1 aliphatic carbocycles. The Balaban J connectivity index is 1.84. The summed E-state index contributed by atoms with van der Waals surface area (Å²) >= 11 is 0. The lowest BCUT2D eigenvalue weighted by atomic mass is 9.83. The van der Waals surface area contributed by atoms with E-state index in [0.717, 1.165) is 30.7 Å². The number of nitrogens with one attached hydrogen (secondary N) is 1. The largest absolute Gasteiger partial charge is 0.494 e. The molecule has 1 aliphatic rings. The predicted molar refractivity (Wildman–Crippen MR) is 89.7 cm³/mol. The molecule has 0 aromatic heterocycles. The van der Waals surface area contributed by atoms with Gasteiger partial charge in [0.1, 0.15) is 5.75 Å². The van der Waals surface area contributed by atoms with Crippen LogP contribution in [0.3, 0.4) is 0 Å². The summed E-state index contributed by atoms with van der Waals surface area (Å²) in [6.45, 7) is 10.7. The highest BCUT2D eigenvalue weighted by molar-refractivity contribution is 5.28. The van der Waals surface area contributed by atoms with Crippen LogP contribution in [0.4, 0.5) is 0 Å². The Morgan fingerprint density at radius 1 is 1.29 bits per heavy atom. The van der Waals surface area contributed by atoms with Gasteiger partial charge >= 0.3 is 0 Å². The number of hydrogen-bond donors (Lipinski definition) is 1. The zero-order valence-electron chi connectivity index (χ0n) is 13.9. The normalized spacial score (nSPS) is 23.5. The van der Waals surface area contributed by atoms with Crippen LogP contribution in [0.15, 0.2) is 35.9 Å². The fourth-order valence-electron chi connectivity index (χ4n) is 3.32. The molecule has 0 amide bonds. The molecule has 2 heteroatoms. The van der Waals surface area contributed by atoms with E-state index in [1.165, 1.54) is 18.4 Å². The lowest BCUT2D eigenvalue weighted by molar-refractivity contribution is 0.340. The second kappa shape index (κ2) is 7.65. The first-order valence-electron chi connectivity index (χ1n) is 8.22. The van der Waals surface area contributed by atoms with Gasteiger partial charge in [0.15, 0.2) is 0 Å². The Hall–Kier alpha value is -1.28. The molecule has 3 atom stereocenters. The minimum atomic E-state index is 0.391. The van der Waals surface area contributed by atoms with Crippen LogP contribution in [0.25, 0.3) is 0 Å². The van der Waals surface area contributed by atoms with E-state index in [-0.39, 0.29) is 0 Å². The maximum atomic E-state index is 5.49. The van der Waals surface area contributed by atoms with Crippen molar-refractivity contribution in [2.24, 2.45) is 11.8 Å². The summed E-state index contributed by atoms with van der Waals surface area (Å²) < 4.78 is 5.49. The number of benzene rings is 1. The third-order valence-corrected chi connectivity index (χ3v) is 4.29. The lowest BCUT2D eigenvalue weighted by Crippen LogP contribution is -2.28. The van der Waals surface area contributed by atoms with E-state index in [9.17, 15) is 0 Å². The molecule has 0 fully saturated rings. The molecule has 116 valence electrons. The zero-order chi connectivity index (χ0) is 15.2. The van der Waals surface area contributed by atoms with Crippen LogP contribution in [0.5, 0.6) is 5.75 Å². The molecule has 1 aromatic carbocycles. The standard InChI is InChI=1S/C19H29NO/c1-5-21-19-8-6-18(7-9-19)16(4)20-13-17-11-14(2)10-15(3)12-17/h6-10,14,16-17,20H,5,11-13H2,1-4H3. The first-order valence-corrected chi connectivity index (χ1v) is 8.22. The van der Waals surface area contributed by atoms with Crippen LogP contribution >= 0.6 is 0 Å². The van der Waals surface area contributed by atoms with Gasteiger partial charge < -0.3 is 10.1 Å². The molecular formula is C19H29NO. The van der Waals surface area contributed by atoms with Crippen molar-refractivity contribution in [1.29, 1.82) is 0 Å². The van der Waals surface area contributed by atoms with Crippen molar-refractivity contribution in [3.63, 3.8) is 0 Å². The maximum absolute atomic E-state index is 5.49. The average molecular weight is 287 g/mol. The van der Waals surface area contributed by atoms with Gasteiger partial charge in [-0.1, -0.05) is 30.7 Å². The number of allylic oxidation sites excluding steroid dienone is 2. The highest BCUT2D eigenvalue weighted by Gasteiger charge is 2.18. The van der Waals surface area contributed by atoms with Crippen molar-refractivity contribution >= 4 is 0 Å². The second-order valence-corrected chi connectivity index (χ2v) is 6.43. The van der Waals surface area contributed by atoms with Gasteiger partial charge in [-0.25, -0.2) is 0 Å². The zero-order valence-corrected chi connectivity index (χ0v) is 13.9. The quantitative estimate of drug-likeness (QED) is 0.764. The Labute approximate surface area is 129 Å². The number of rotatable bonds is 6. The minimum Gasteiger partial charge on any atom is -0.494 e. The van der Waals surface area contributed by atoms with Crippen LogP contribution in [-0.2, 0) is 0 Å². The van der Waals surface area contributed by atoms with Crippen LogP contribution in [0, 0.1) is 11.8 Å². The monoisotopic (exact) mass is 287 g/mol. The SMILES string of the molecule is CCOc1ccc(C(C)NCC2CC(C)=CC(C)C2)cc1. The van der Waals surface area contributed by atoms with Gasteiger partial charge in [0.25, 0.3) is 0 Å². The van der Waals surface area contributed by atoms with Crippen LogP contribution in [-0.4, -0.2) is 13.2 Å². The van der Waals surface area contributed by atoms with Crippen molar-refractivity contribution in [2.45, 2.75) is 46.6 Å². The summed E-state index contributed by atoms with van der Waals surface area (Å²) in [5, 5.41) is 3.69. The smallest absolute Gasteiger partial charge is 0.119 e. The highest BCUT2D eigenvalue weighted by Crippen LogP contribution is 2.28. The molecule has 2 nitrogen and oxygen atoms in total. The fourth-order valence-corrected chi connectivity index (χ4v) is 3.32. The molecular weight excluding hydrogens is 258 g/mol. The molecule has 0 aliphatic heterocycles. The molecule has 1 aromatic rings. The van der Waals surface area contributed by atoms with Gasteiger partial charge in [0.05, 0.1) is 6.61 Å². The van der Waals surface area contributed by atoms with Crippen LogP contribution in [0.1, 0.15) is 52.1 Å². The Morgan fingerprint density at radius 3 is 2.62 bits per heavy atom. The molecule has 0 saturated carbocycles. The molecule has 0 heterocycles. The fraction of sp³-hybridized carbons (Fsp3) is 0.579. The van der Waals surface area contributed by atoms with E-state index in [1.807, 2.05) is 6.92 Å². The third-order valence-electron chi connectivity index (χ3n) is 4.29. The molecule has 1 N–H and O–H groups in total. The third kappa shape index (κ3) is 4.89. The van der Waals surface area contributed by atoms with Gasteiger partial charge in [0.2, 0.25) is 0 Å². The summed E-state index contributed by atoms with van der Waals surface area (Å²) in [5.41, 5.74) is 2.88.